The lowest BCUT2D eigenvalue weighted by molar-refractivity contribution is -0.133. The highest BCUT2D eigenvalue weighted by atomic mass is 35.5. The Labute approximate surface area is 96.7 Å². The molecule has 2 nitrogen and oxygen atoms in total. The summed E-state index contributed by atoms with van der Waals surface area (Å²) in [6.07, 6.45) is 0.143. The first-order valence-corrected chi connectivity index (χ1v) is 5.15. The second-order valence-electron chi connectivity index (χ2n) is 2.47. The average molecular weight is 254 g/mol. The summed E-state index contributed by atoms with van der Waals surface area (Å²) in [4.78, 5) is 11.1. The number of rotatable bonds is 3. The van der Waals surface area contributed by atoms with Gasteiger partial charge >= 0.3 is 5.97 Å². The van der Waals surface area contributed by atoms with Crippen LogP contribution in [0.4, 0.5) is 0 Å². The standard InChI is InChI=1S/C9H7Cl3O2/c10-5-4-8(13)14-7-3-1-2-6(11)9(7)12/h1-3H,4-5H2. The SMILES string of the molecule is O=C(CCCl)Oc1cccc(Cl)c1Cl. The van der Waals surface area contributed by atoms with Crippen molar-refractivity contribution in [2.75, 3.05) is 5.88 Å². The maximum atomic E-state index is 11.1. The first-order valence-electron chi connectivity index (χ1n) is 3.86. The highest BCUT2D eigenvalue weighted by molar-refractivity contribution is 6.43. The van der Waals surface area contributed by atoms with Crippen LogP contribution in [0.1, 0.15) is 6.42 Å². The number of alkyl halides is 1. The van der Waals surface area contributed by atoms with Crippen LogP contribution in [-0.4, -0.2) is 11.8 Å². The number of hydrogen-bond acceptors (Lipinski definition) is 2. The summed E-state index contributed by atoms with van der Waals surface area (Å²) in [7, 11) is 0. The summed E-state index contributed by atoms with van der Waals surface area (Å²) in [5.41, 5.74) is 0. The average Bonchev–Trinajstić information content (AvgIpc) is 2.13. The molecule has 0 heterocycles. The highest BCUT2D eigenvalue weighted by Gasteiger charge is 2.09. The van der Waals surface area contributed by atoms with Gasteiger partial charge < -0.3 is 4.74 Å². The van der Waals surface area contributed by atoms with Gasteiger partial charge in [0, 0.05) is 5.88 Å². The Bertz CT molecular complexity index is 339. The van der Waals surface area contributed by atoms with Gasteiger partial charge in [-0.3, -0.25) is 4.79 Å². The lowest BCUT2D eigenvalue weighted by Gasteiger charge is -2.05. The third kappa shape index (κ3) is 3.05. The largest absolute Gasteiger partial charge is 0.425 e. The van der Waals surface area contributed by atoms with Gasteiger partial charge in [-0.15, -0.1) is 11.6 Å². The molecular weight excluding hydrogens is 246 g/mol. The fourth-order valence-electron chi connectivity index (χ4n) is 0.814. The number of carbonyl (C=O) groups is 1. The van der Waals surface area contributed by atoms with E-state index in [4.69, 9.17) is 39.5 Å². The predicted molar refractivity (Wildman–Crippen MR) is 57.4 cm³/mol. The fourth-order valence-corrected chi connectivity index (χ4v) is 1.30. The summed E-state index contributed by atoms with van der Waals surface area (Å²) in [5, 5.41) is 0.583. The Morgan fingerprint density at radius 3 is 2.71 bits per heavy atom. The molecule has 0 fully saturated rings. The Hall–Kier alpha value is -0.440. The quantitative estimate of drug-likeness (QED) is 0.468. The zero-order valence-corrected chi connectivity index (χ0v) is 9.36. The zero-order chi connectivity index (χ0) is 10.6. The second kappa shape index (κ2) is 5.44. The second-order valence-corrected chi connectivity index (χ2v) is 3.63. The van der Waals surface area contributed by atoms with Crippen molar-refractivity contribution in [3.05, 3.63) is 28.2 Å². The van der Waals surface area contributed by atoms with Crippen LogP contribution in [0.15, 0.2) is 18.2 Å². The van der Waals surface area contributed by atoms with E-state index in [-0.39, 0.29) is 23.1 Å². The molecule has 5 heteroatoms. The Kier molecular flexibility index (Phi) is 4.52. The lowest BCUT2D eigenvalue weighted by atomic mass is 10.3. The van der Waals surface area contributed by atoms with Gasteiger partial charge in [-0.1, -0.05) is 29.3 Å². The van der Waals surface area contributed by atoms with Gasteiger partial charge in [-0.25, -0.2) is 0 Å². The first-order chi connectivity index (χ1) is 6.65. The van der Waals surface area contributed by atoms with Crippen LogP contribution in [0.3, 0.4) is 0 Å². The van der Waals surface area contributed by atoms with Crippen molar-refractivity contribution in [2.24, 2.45) is 0 Å². The molecule has 0 bridgehead atoms. The van der Waals surface area contributed by atoms with Crippen molar-refractivity contribution >= 4 is 40.8 Å². The topological polar surface area (TPSA) is 26.3 Å². The van der Waals surface area contributed by atoms with E-state index in [1.165, 1.54) is 0 Å². The predicted octanol–water partition coefficient (Wildman–Crippen LogP) is 3.53. The summed E-state index contributed by atoms with van der Waals surface area (Å²) in [6, 6.07) is 4.83. The summed E-state index contributed by atoms with van der Waals surface area (Å²) < 4.78 is 4.93. The van der Waals surface area contributed by atoms with Crippen LogP contribution in [0, 0.1) is 0 Å². The summed E-state index contributed by atoms with van der Waals surface area (Å²) in [6.45, 7) is 0. The number of hydrogen-bond donors (Lipinski definition) is 0. The Morgan fingerprint density at radius 1 is 1.36 bits per heavy atom. The molecule has 1 aromatic rings. The van der Waals surface area contributed by atoms with E-state index in [1.54, 1.807) is 18.2 Å². The van der Waals surface area contributed by atoms with Crippen molar-refractivity contribution in [1.82, 2.24) is 0 Å². The van der Waals surface area contributed by atoms with Crippen LogP contribution >= 0.6 is 34.8 Å². The molecule has 0 spiro atoms. The molecule has 0 saturated heterocycles. The number of ether oxygens (including phenoxy) is 1. The minimum Gasteiger partial charge on any atom is -0.425 e. The maximum absolute atomic E-state index is 11.1. The molecule has 0 atom stereocenters. The summed E-state index contributed by atoms with van der Waals surface area (Å²) >= 11 is 16.9. The number of halogens is 3. The molecular formula is C9H7Cl3O2. The normalized spacial score (nSPS) is 9.93. The molecule has 14 heavy (non-hydrogen) atoms. The minimum absolute atomic E-state index is 0.143. The van der Waals surface area contributed by atoms with Gasteiger partial charge in [-0.2, -0.15) is 0 Å². The molecule has 1 rings (SSSR count). The summed E-state index contributed by atoms with van der Waals surface area (Å²) in [5.74, 6) is 0.0512. The van der Waals surface area contributed by atoms with Crippen LogP contribution in [-0.2, 0) is 4.79 Å². The van der Waals surface area contributed by atoms with Gasteiger partial charge in [0.15, 0.2) is 5.75 Å². The van der Waals surface area contributed by atoms with Crippen molar-refractivity contribution in [3.8, 4) is 5.75 Å². The molecule has 0 amide bonds. The smallest absolute Gasteiger partial charge is 0.312 e. The molecule has 0 aliphatic rings. The van der Waals surface area contributed by atoms with Crippen LogP contribution < -0.4 is 4.74 Å². The van der Waals surface area contributed by atoms with Crippen molar-refractivity contribution in [2.45, 2.75) is 6.42 Å². The van der Waals surface area contributed by atoms with Gasteiger partial charge in [0.2, 0.25) is 0 Å². The van der Waals surface area contributed by atoms with Gasteiger partial charge in [0.05, 0.1) is 11.4 Å². The van der Waals surface area contributed by atoms with Crippen LogP contribution in [0.25, 0.3) is 0 Å². The molecule has 0 radical (unpaired) electrons. The molecule has 0 saturated carbocycles. The molecule has 0 aliphatic heterocycles. The van der Waals surface area contributed by atoms with Gasteiger partial charge in [0.25, 0.3) is 0 Å². The number of carbonyl (C=O) groups excluding carboxylic acids is 1. The van der Waals surface area contributed by atoms with Crippen molar-refractivity contribution in [3.63, 3.8) is 0 Å². The lowest BCUT2D eigenvalue weighted by Crippen LogP contribution is -2.08. The number of esters is 1. The van der Waals surface area contributed by atoms with Gasteiger partial charge in [0.1, 0.15) is 5.02 Å². The third-order valence-electron chi connectivity index (χ3n) is 1.44. The zero-order valence-electron chi connectivity index (χ0n) is 7.10. The first kappa shape index (κ1) is 11.6. The van der Waals surface area contributed by atoms with Gasteiger partial charge in [-0.05, 0) is 12.1 Å². The van der Waals surface area contributed by atoms with Crippen LogP contribution in [0.2, 0.25) is 10.0 Å². The monoisotopic (exact) mass is 252 g/mol. The van der Waals surface area contributed by atoms with Crippen molar-refractivity contribution in [1.29, 1.82) is 0 Å². The number of benzene rings is 1. The molecule has 0 N–H and O–H groups in total. The van der Waals surface area contributed by atoms with Crippen LogP contribution in [0.5, 0.6) is 5.75 Å². The van der Waals surface area contributed by atoms with E-state index in [2.05, 4.69) is 0 Å². The van der Waals surface area contributed by atoms with E-state index < -0.39 is 5.97 Å². The molecule has 1 aromatic carbocycles. The Morgan fingerprint density at radius 2 is 2.07 bits per heavy atom. The Balaban J connectivity index is 2.76. The van der Waals surface area contributed by atoms with E-state index in [0.717, 1.165) is 0 Å². The molecule has 76 valence electrons. The third-order valence-corrected chi connectivity index (χ3v) is 2.43. The maximum Gasteiger partial charge on any atom is 0.312 e. The minimum atomic E-state index is -0.427. The van der Waals surface area contributed by atoms with E-state index in [1.807, 2.05) is 0 Å². The molecule has 0 aromatic heterocycles. The molecule has 0 aliphatic carbocycles. The van der Waals surface area contributed by atoms with E-state index >= 15 is 0 Å². The highest BCUT2D eigenvalue weighted by Crippen LogP contribution is 2.31. The van der Waals surface area contributed by atoms with E-state index in [0.29, 0.717) is 5.02 Å². The van der Waals surface area contributed by atoms with E-state index in [9.17, 15) is 4.79 Å². The fraction of sp³-hybridized carbons (Fsp3) is 0.222. The molecule has 0 unspecified atom stereocenters. The van der Waals surface area contributed by atoms with Crippen molar-refractivity contribution < 1.29 is 9.53 Å².